The van der Waals surface area contributed by atoms with Crippen LogP contribution in [0.3, 0.4) is 0 Å². The Bertz CT molecular complexity index is 3150. The van der Waals surface area contributed by atoms with Crippen LogP contribution in [0.15, 0.2) is 230 Å². The lowest BCUT2D eigenvalue weighted by Crippen LogP contribution is -2.11. The van der Waals surface area contributed by atoms with Gasteiger partial charge in [0.15, 0.2) is 0 Å². The van der Waals surface area contributed by atoms with Crippen molar-refractivity contribution in [2.45, 2.75) is 0 Å². The Morgan fingerprint density at radius 2 is 0.875 bits per heavy atom. The molecule has 0 unspecified atom stereocenters. The largest absolute Gasteiger partial charge is 0.310 e. The number of para-hydroxylation sites is 2. The summed E-state index contributed by atoms with van der Waals surface area (Å²) in [6.07, 6.45) is 0. The van der Waals surface area contributed by atoms with Gasteiger partial charge < -0.3 is 9.47 Å². The highest BCUT2D eigenvalue weighted by atomic mass is 15.1. The molecule has 56 heavy (non-hydrogen) atoms. The van der Waals surface area contributed by atoms with Gasteiger partial charge in [-0.2, -0.15) is 0 Å². The average Bonchev–Trinajstić information content (AvgIpc) is 3.64. The van der Waals surface area contributed by atoms with Gasteiger partial charge in [-0.1, -0.05) is 170 Å². The van der Waals surface area contributed by atoms with E-state index in [-0.39, 0.29) is 35.4 Å². The third-order valence-corrected chi connectivity index (χ3v) is 10.5. The fourth-order valence-corrected chi connectivity index (χ4v) is 7.78. The number of hydrogen-bond acceptors (Lipinski definition) is 1. The summed E-state index contributed by atoms with van der Waals surface area (Å²) in [6.45, 7) is 0. The third-order valence-electron chi connectivity index (χ3n) is 10.5. The first-order valence-corrected chi connectivity index (χ1v) is 18.9. The monoisotopic (exact) mass is 718 g/mol. The van der Waals surface area contributed by atoms with E-state index in [0.29, 0.717) is 5.56 Å². The minimum absolute atomic E-state index is 0.104. The fraction of sp³-hybridized carbons (Fsp3) is 0. The van der Waals surface area contributed by atoms with Crippen LogP contribution >= 0.6 is 0 Å². The van der Waals surface area contributed by atoms with Crippen molar-refractivity contribution in [3.05, 3.63) is 230 Å². The van der Waals surface area contributed by atoms with E-state index in [2.05, 4.69) is 65.2 Å². The van der Waals surface area contributed by atoms with Crippen LogP contribution in [0.2, 0.25) is 0 Å². The summed E-state index contributed by atoms with van der Waals surface area (Å²) in [4.78, 5) is 1.88. The van der Waals surface area contributed by atoms with Crippen molar-refractivity contribution in [2.24, 2.45) is 0 Å². The van der Waals surface area contributed by atoms with E-state index in [0.717, 1.165) is 72.2 Å². The molecule has 0 bridgehead atoms. The molecule has 0 fully saturated rings. The lowest BCUT2D eigenvalue weighted by atomic mass is 10.00. The van der Waals surface area contributed by atoms with Gasteiger partial charge in [0.2, 0.25) is 0 Å². The van der Waals surface area contributed by atoms with E-state index in [9.17, 15) is 5.48 Å². The summed E-state index contributed by atoms with van der Waals surface area (Å²) in [6, 6.07) is 68.9. The molecule has 0 saturated heterocycles. The first kappa shape index (κ1) is 29.0. The smallest absolute Gasteiger partial charge is 0.0645 e. The molecule has 0 N–H and O–H groups in total. The van der Waals surface area contributed by atoms with Crippen LogP contribution in [0, 0.1) is 0 Å². The number of fused-ring (bicyclic) bond motifs is 3. The van der Waals surface area contributed by atoms with Crippen molar-refractivity contribution in [1.29, 1.82) is 0 Å². The zero-order chi connectivity index (χ0) is 40.7. The quantitative estimate of drug-likeness (QED) is 0.152. The molecule has 0 radical (unpaired) electrons. The van der Waals surface area contributed by atoms with Gasteiger partial charge in [-0.05, 0) is 99.6 Å². The maximum atomic E-state index is 9.67. The number of benzene rings is 9. The molecule has 0 aliphatic carbocycles. The van der Waals surface area contributed by atoms with Crippen LogP contribution in [-0.2, 0) is 0 Å². The molecule has 1 heterocycles. The van der Waals surface area contributed by atoms with Gasteiger partial charge in [0, 0.05) is 33.4 Å². The normalized spacial score (nSPS) is 12.2. The highest BCUT2D eigenvalue weighted by Crippen LogP contribution is 2.42. The first-order valence-electron chi connectivity index (χ1n) is 20.9. The number of anilines is 3. The molecule has 10 aromatic rings. The molecular weight excluding hydrogens is 677 g/mol. The molecule has 0 atom stereocenters. The second-order valence-corrected chi connectivity index (χ2v) is 13.9. The Morgan fingerprint density at radius 3 is 1.61 bits per heavy atom. The highest BCUT2D eigenvalue weighted by Gasteiger charge is 2.18. The maximum absolute atomic E-state index is 9.67. The number of hydrogen-bond donors (Lipinski definition) is 0. The van der Waals surface area contributed by atoms with Gasteiger partial charge >= 0.3 is 0 Å². The maximum Gasteiger partial charge on any atom is 0.0645 e. The Hall–Kier alpha value is -7.42. The first-order chi connectivity index (χ1) is 29.5. The van der Waals surface area contributed by atoms with E-state index < -0.39 is 0 Å². The van der Waals surface area contributed by atoms with Gasteiger partial charge in [0.1, 0.15) is 0 Å². The molecule has 0 amide bonds. The summed E-state index contributed by atoms with van der Waals surface area (Å²) < 4.78 is 40.8. The van der Waals surface area contributed by atoms with E-state index in [1.54, 1.807) is 0 Å². The summed E-state index contributed by atoms with van der Waals surface area (Å²) in [5, 5.41) is 2.00. The average molecular weight is 719 g/mol. The van der Waals surface area contributed by atoms with Gasteiger partial charge in [0.05, 0.1) is 22.2 Å². The molecule has 0 aliphatic rings. The Kier molecular flexibility index (Phi) is 7.47. The van der Waals surface area contributed by atoms with Crippen molar-refractivity contribution >= 4 is 38.9 Å². The predicted molar refractivity (Wildman–Crippen MR) is 237 cm³/mol. The molecule has 10 rings (SSSR count). The summed E-state index contributed by atoms with van der Waals surface area (Å²) in [5.41, 5.74) is 11.8. The lowest BCUT2D eigenvalue weighted by molar-refractivity contribution is 1.18. The predicted octanol–water partition coefficient (Wildman–Crippen LogP) is 14.9. The third kappa shape index (κ3) is 6.14. The molecule has 264 valence electrons. The zero-order valence-electron chi connectivity index (χ0n) is 34.5. The van der Waals surface area contributed by atoms with Crippen molar-refractivity contribution in [2.75, 3.05) is 4.90 Å². The SMILES string of the molecule is [2H]c1c([2H])c(N(c2ccc(-c3ccccc3)cc2)c2ccccc2-c2ccccc2)c([2H])c([2H])c1-c1ccc2c(c1)c1ccccc1n2-c1cccc(-c2ccccc2)c1. The van der Waals surface area contributed by atoms with Crippen LogP contribution in [0.5, 0.6) is 0 Å². The molecule has 2 heteroatoms. The molecule has 0 spiro atoms. The second kappa shape index (κ2) is 14.4. The van der Waals surface area contributed by atoms with Crippen molar-refractivity contribution < 1.29 is 5.48 Å². The minimum Gasteiger partial charge on any atom is -0.310 e. The minimum atomic E-state index is -0.124. The van der Waals surface area contributed by atoms with Crippen LogP contribution in [0.1, 0.15) is 5.48 Å². The summed E-state index contributed by atoms with van der Waals surface area (Å²) >= 11 is 0. The van der Waals surface area contributed by atoms with E-state index >= 15 is 0 Å². The Balaban J connectivity index is 1.14. The van der Waals surface area contributed by atoms with E-state index in [4.69, 9.17) is 0 Å². The van der Waals surface area contributed by atoms with E-state index in [1.165, 1.54) is 0 Å². The van der Waals surface area contributed by atoms with Crippen molar-refractivity contribution in [1.82, 2.24) is 4.57 Å². The van der Waals surface area contributed by atoms with Crippen molar-refractivity contribution in [3.8, 4) is 50.2 Å². The Labute approximate surface area is 333 Å². The molecule has 1 aromatic heterocycles. The molecule has 2 nitrogen and oxygen atoms in total. The molecule has 0 aliphatic heterocycles. The van der Waals surface area contributed by atoms with Gasteiger partial charge in [0.25, 0.3) is 0 Å². The summed E-state index contributed by atoms with van der Waals surface area (Å²) in [7, 11) is 0. The van der Waals surface area contributed by atoms with Crippen LogP contribution in [0.4, 0.5) is 17.1 Å². The lowest BCUT2D eigenvalue weighted by Gasteiger charge is -2.28. The van der Waals surface area contributed by atoms with Crippen molar-refractivity contribution in [3.63, 3.8) is 0 Å². The second-order valence-electron chi connectivity index (χ2n) is 13.9. The molecular formula is C54H38N2. The highest BCUT2D eigenvalue weighted by molar-refractivity contribution is 6.10. The Morgan fingerprint density at radius 1 is 0.339 bits per heavy atom. The van der Waals surface area contributed by atoms with E-state index in [1.807, 2.05) is 150 Å². The van der Waals surface area contributed by atoms with Gasteiger partial charge in [-0.3, -0.25) is 0 Å². The van der Waals surface area contributed by atoms with Gasteiger partial charge in [-0.15, -0.1) is 0 Å². The number of nitrogens with zero attached hydrogens (tertiary/aromatic N) is 2. The topological polar surface area (TPSA) is 8.17 Å². The number of rotatable bonds is 8. The zero-order valence-corrected chi connectivity index (χ0v) is 30.5. The standard InChI is InChI=1S/C54H38N2/c1-4-15-39(16-5-1)41-27-32-46(33-28-41)55(52-25-12-10-23-49(52)43-19-8-3-9-20-43)47-34-29-42(30-35-47)45-31-36-54-51(38-45)50-24-11-13-26-53(50)56(54)48-22-14-21-44(37-48)40-17-6-2-7-18-40/h1-38H/i29D,30D,34D,35D. The summed E-state index contributed by atoms with van der Waals surface area (Å²) in [5.74, 6) is 0. The van der Waals surface area contributed by atoms with Gasteiger partial charge in [-0.25, -0.2) is 0 Å². The van der Waals surface area contributed by atoms with Crippen LogP contribution in [-0.4, -0.2) is 4.57 Å². The fourth-order valence-electron chi connectivity index (χ4n) is 7.78. The van der Waals surface area contributed by atoms with Crippen LogP contribution in [0.25, 0.3) is 72.0 Å². The molecule has 9 aromatic carbocycles. The molecule has 0 saturated carbocycles. The number of aromatic nitrogens is 1. The van der Waals surface area contributed by atoms with Crippen LogP contribution < -0.4 is 4.90 Å².